The molecule has 0 unspecified atom stereocenters. The normalized spacial score (nSPS) is 13.1. The number of carbonyl (C=O) groups is 1. The van der Waals surface area contributed by atoms with E-state index in [1.165, 1.54) is 0 Å². The second-order valence-corrected chi connectivity index (χ2v) is 9.56. The van der Waals surface area contributed by atoms with Gasteiger partial charge in [0.15, 0.2) is 0 Å². The van der Waals surface area contributed by atoms with Crippen molar-refractivity contribution in [3.63, 3.8) is 0 Å². The quantitative estimate of drug-likeness (QED) is 0.517. The Labute approximate surface area is 189 Å². The van der Waals surface area contributed by atoms with Crippen LogP contribution in [-0.2, 0) is 14.8 Å². The Hall–Kier alpha value is -3.32. The lowest BCUT2D eigenvalue weighted by Crippen LogP contribution is -2.48. The number of para-hydroxylation sites is 1. The van der Waals surface area contributed by atoms with Gasteiger partial charge in [0.05, 0.1) is 11.9 Å². The molecule has 0 saturated heterocycles. The monoisotopic (exact) mass is 452 g/mol. The third-order valence-corrected chi connectivity index (χ3v) is 6.35. The van der Waals surface area contributed by atoms with Gasteiger partial charge in [0, 0.05) is 6.54 Å². The standard InChI is InChI=1S/C25H28N2O4S/c1-19(21-10-6-4-7-11-21)18-26-25(28)20(2)27(32(3,29)30)22-14-16-24(17-15-22)31-23-12-8-5-9-13-23/h4-17,19-20H,18H2,1-3H3,(H,26,28)/t19-,20-/m0/s1. The number of anilines is 1. The maximum Gasteiger partial charge on any atom is 0.243 e. The highest BCUT2D eigenvalue weighted by atomic mass is 32.2. The predicted octanol–water partition coefficient (Wildman–Crippen LogP) is 4.55. The van der Waals surface area contributed by atoms with E-state index in [4.69, 9.17) is 4.74 Å². The molecule has 0 aliphatic carbocycles. The number of rotatable bonds is 9. The molecule has 0 heterocycles. The Morgan fingerprint density at radius 3 is 1.97 bits per heavy atom. The number of ether oxygens (including phenoxy) is 1. The van der Waals surface area contributed by atoms with Gasteiger partial charge < -0.3 is 10.1 Å². The van der Waals surface area contributed by atoms with Gasteiger partial charge in [-0.2, -0.15) is 0 Å². The van der Waals surface area contributed by atoms with E-state index in [1.807, 2.05) is 67.6 Å². The fourth-order valence-corrected chi connectivity index (χ4v) is 4.57. The average molecular weight is 453 g/mol. The van der Waals surface area contributed by atoms with Crippen molar-refractivity contribution in [1.29, 1.82) is 0 Å². The predicted molar refractivity (Wildman–Crippen MR) is 128 cm³/mol. The first-order valence-corrected chi connectivity index (χ1v) is 12.3. The first-order valence-electron chi connectivity index (χ1n) is 10.4. The minimum absolute atomic E-state index is 0.105. The van der Waals surface area contributed by atoms with Crippen molar-refractivity contribution in [3.8, 4) is 11.5 Å². The number of benzene rings is 3. The molecular formula is C25H28N2O4S. The minimum Gasteiger partial charge on any atom is -0.457 e. The molecule has 32 heavy (non-hydrogen) atoms. The van der Waals surface area contributed by atoms with Crippen LogP contribution in [0, 0.1) is 0 Å². The van der Waals surface area contributed by atoms with Crippen LogP contribution < -0.4 is 14.4 Å². The van der Waals surface area contributed by atoms with Crippen LogP contribution in [0.2, 0.25) is 0 Å². The summed E-state index contributed by atoms with van der Waals surface area (Å²) in [5, 5.41) is 2.88. The fraction of sp³-hybridized carbons (Fsp3) is 0.240. The van der Waals surface area contributed by atoms with Crippen molar-refractivity contribution in [2.75, 3.05) is 17.1 Å². The van der Waals surface area contributed by atoms with Gasteiger partial charge in [0.2, 0.25) is 15.9 Å². The van der Waals surface area contributed by atoms with Gasteiger partial charge in [-0.3, -0.25) is 9.10 Å². The summed E-state index contributed by atoms with van der Waals surface area (Å²) in [7, 11) is -3.69. The Morgan fingerprint density at radius 2 is 1.41 bits per heavy atom. The zero-order valence-corrected chi connectivity index (χ0v) is 19.2. The number of nitrogens with zero attached hydrogens (tertiary/aromatic N) is 1. The van der Waals surface area contributed by atoms with E-state index in [2.05, 4.69) is 5.32 Å². The molecule has 6 nitrogen and oxygen atoms in total. The molecule has 168 valence electrons. The van der Waals surface area contributed by atoms with E-state index in [0.717, 1.165) is 16.1 Å². The maximum absolute atomic E-state index is 12.8. The summed E-state index contributed by atoms with van der Waals surface area (Å²) in [4.78, 5) is 12.8. The molecule has 3 aromatic carbocycles. The largest absolute Gasteiger partial charge is 0.457 e. The molecular weight excluding hydrogens is 424 g/mol. The van der Waals surface area contributed by atoms with Gasteiger partial charge in [0.25, 0.3) is 0 Å². The Kier molecular flexibility index (Phi) is 7.53. The van der Waals surface area contributed by atoms with Gasteiger partial charge in [-0.1, -0.05) is 55.5 Å². The highest BCUT2D eigenvalue weighted by molar-refractivity contribution is 7.92. The van der Waals surface area contributed by atoms with Crippen LogP contribution >= 0.6 is 0 Å². The average Bonchev–Trinajstić information content (AvgIpc) is 2.79. The van der Waals surface area contributed by atoms with Crippen LogP contribution in [0.25, 0.3) is 0 Å². The zero-order chi connectivity index (χ0) is 23.1. The highest BCUT2D eigenvalue weighted by Crippen LogP contribution is 2.27. The molecule has 2 atom stereocenters. The number of sulfonamides is 1. The highest BCUT2D eigenvalue weighted by Gasteiger charge is 2.29. The number of carbonyl (C=O) groups excluding carboxylic acids is 1. The summed E-state index contributed by atoms with van der Waals surface area (Å²) in [6.07, 6.45) is 1.09. The summed E-state index contributed by atoms with van der Waals surface area (Å²) in [6, 6.07) is 24.9. The van der Waals surface area contributed by atoms with Crippen LogP contribution in [-0.4, -0.2) is 33.2 Å². The van der Waals surface area contributed by atoms with Gasteiger partial charge in [-0.05, 0) is 54.8 Å². The maximum atomic E-state index is 12.8. The summed E-state index contributed by atoms with van der Waals surface area (Å²) in [5.41, 5.74) is 1.50. The van der Waals surface area contributed by atoms with Crippen molar-refractivity contribution in [2.24, 2.45) is 0 Å². The van der Waals surface area contributed by atoms with Crippen LogP contribution in [0.5, 0.6) is 11.5 Å². The molecule has 0 spiro atoms. The second kappa shape index (κ2) is 10.3. The summed E-state index contributed by atoms with van der Waals surface area (Å²) in [5.74, 6) is 0.999. The number of nitrogens with one attached hydrogen (secondary N) is 1. The van der Waals surface area contributed by atoms with Gasteiger partial charge >= 0.3 is 0 Å². The topological polar surface area (TPSA) is 75.7 Å². The molecule has 0 radical (unpaired) electrons. The SMILES string of the molecule is C[C@@H](CNC(=O)[C@H](C)N(c1ccc(Oc2ccccc2)cc1)S(C)(=O)=O)c1ccccc1. The molecule has 0 bridgehead atoms. The number of hydrogen-bond acceptors (Lipinski definition) is 4. The lowest BCUT2D eigenvalue weighted by Gasteiger charge is -2.28. The van der Waals surface area contributed by atoms with Crippen molar-refractivity contribution in [3.05, 3.63) is 90.5 Å². The van der Waals surface area contributed by atoms with Crippen molar-refractivity contribution in [1.82, 2.24) is 5.32 Å². The molecule has 1 N–H and O–H groups in total. The van der Waals surface area contributed by atoms with Crippen molar-refractivity contribution in [2.45, 2.75) is 25.8 Å². The lowest BCUT2D eigenvalue weighted by atomic mass is 10.0. The Balaban J connectivity index is 1.70. The molecule has 3 rings (SSSR count). The molecule has 0 saturated carbocycles. The molecule has 1 amide bonds. The van der Waals surface area contributed by atoms with Gasteiger partial charge in [0.1, 0.15) is 17.5 Å². The van der Waals surface area contributed by atoms with Gasteiger partial charge in [-0.15, -0.1) is 0 Å². The van der Waals surface area contributed by atoms with Crippen LogP contribution in [0.15, 0.2) is 84.9 Å². The number of amides is 1. The van der Waals surface area contributed by atoms with E-state index >= 15 is 0 Å². The fourth-order valence-electron chi connectivity index (χ4n) is 3.40. The summed E-state index contributed by atoms with van der Waals surface area (Å²) < 4.78 is 31.9. The van der Waals surface area contributed by atoms with E-state index in [-0.39, 0.29) is 11.8 Å². The molecule has 0 fully saturated rings. The van der Waals surface area contributed by atoms with Crippen LogP contribution in [0.4, 0.5) is 5.69 Å². The van der Waals surface area contributed by atoms with Crippen LogP contribution in [0.1, 0.15) is 25.3 Å². The first-order chi connectivity index (χ1) is 15.3. The zero-order valence-electron chi connectivity index (χ0n) is 18.4. The van der Waals surface area contributed by atoms with E-state index < -0.39 is 16.1 Å². The smallest absolute Gasteiger partial charge is 0.243 e. The van der Waals surface area contributed by atoms with E-state index in [1.54, 1.807) is 31.2 Å². The van der Waals surface area contributed by atoms with Gasteiger partial charge in [-0.25, -0.2) is 8.42 Å². The van der Waals surface area contributed by atoms with Crippen LogP contribution in [0.3, 0.4) is 0 Å². The first kappa shape index (κ1) is 23.3. The van der Waals surface area contributed by atoms with Crippen molar-refractivity contribution >= 4 is 21.6 Å². The molecule has 3 aromatic rings. The molecule has 0 aliphatic heterocycles. The second-order valence-electron chi connectivity index (χ2n) is 7.70. The molecule has 0 aromatic heterocycles. The Morgan fingerprint density at radius 1 is 0.875 bits per heavy atom. The minimum atomic E-state index is -3.69. The number of hydrogen-bond donors (Lipinski definition) is 1. The molecule has 0 aliphatic rings. The molecule has 7 heteroatoms. The lowest BCUT2D eigenvalue weighted by molar-refractivity contribution is -0.121. The third-order valence-electron chi connectivity index (χ3n) is 5.11. The van der Waals surface area contributed by atoms with E-state index in [9.17, 15) is 13.2 Å². The summed E-state index contributed by atoms with van der Waals surface area (Å²) >= 11 is 0. The Bertz CT molecular complexity index is 1120. The summed E-state index contributed by atoms with van der Waals surface area (Å²) in [6.45, 7) is 4.01. The third kappa shape index (κ3) is 6.11. The van der Waals surface area contributed by atoms with E-state index in [0.29, 0.717) is 23.7 Å². The van der Waals surface area contributed by atoms with Crippen molar-refractivity contribution < 1.29 is 17.9 Å².